The van der Waals surface area contributed by atoms with Crippen LogP contribution in [-0.2, 0) is 4.79 Å². The zero-order valence-electron chi connectivity index (χ0n) is 6.96. The summed E-state index contributed by atoms with van der Waals surface area (Å²) in [5, 5.41) is 9.18. The molecule has 0 aliphatic carbocycles. The van der Waals surface area contributed by atoms with E-state index >= 15 is 0 Å². The quantitative estimate of drug-likeness (QED) is 0.336. The second kappa shape index (κ2) is 5.65. The molecule has 0 bridgehead atoms. The SMILES string of the molecule is C=CCNC(=O)C(C)SC(=N)N. The van der Waals surface area contributed by atoms with Crippen molar-refractivity contribution in [3.05, 3.63) is 12.7 Å². The number of amides is 1. The molecule has 0 rings (SSSR count). The lowest BCUT2D eigenvalue weighted by atomic mass is 10.4. The molecule has 0 heterocycles. The molecule has 1 atom stereocenters. The van der Waals surface area contributed by atoms with Crippen molar-refractivity contribution in [1.82, 2.24) is 5.32 Å². The number of carbonyl (C=O) groups excluding carboxylic acids is 1. The molecule has 0 aromatic heterocycles. The van der Waals surface area contributed by atoms with Gasteiger partial charge in [-0.25, -0.2) is 0 Å². The van der Waals surface area contributed by atoms with Gasteiger partial charge in [0.1, 0.15) is 0 Å². The average molecular weight is 187 g/mol. The zero-order chi connectivity index (χ0) is 9.56. The zero-order valence-corrected chi connectivity index (χ0v) is 7.78. The van der Waals surface area contributed by atoms with Gasteiger partial charge in [-0.2, -0.15) is 0 Å². The molecule has 0 saturated carbocycles. The monoisotopic (exact) mass is 187 g/mol. The summed E-state index contributed by atoms with van der Waals surface area (Å²) < 4.78 is 0. The Hall–Kier alpha value is -0.970. The number of hydrogen-bond donors (Lipinski definition) is 3. The maximum atomic E-state index is 11.1. The first-order valence-electron chi connectivity index (χ1n) is 3.47. The van der Waals surface area contributed by atoms with Gasteiger partial charge in [-0.05, 0) is 6.92 Å². The van der Waals surface area contributed by atoms with Gasteiger partial charge in [-0.3, -0.25) is 10.2 Å². The summed E-state index contributed by atoms with van der Waals surface area (Å²) in [7, 11) is 0. The normalized spacial score (nSPS) is 11.8. The van der Waals surface area contributed by atoms with Crippen molar-refractivity contribution < 1.29 is 4.79 Å². The first-order valence-corrected chi connectivity index (χ1v) is 4.35. The Morgan fingerprint density at radius 1 is 1.92 bits per heavy atom. The molecule has 4 N–H and O–H groups in total. The summed E-state index contributed by atoms with van der Waals surface area (Å²) in [6.45, 7) is 5.61. The van der Waals surface area contributed by atoms with E-state index in [4.69, 9.17) is 11.1 Å². The molecular formula is C7H13N3OS. The molecule has 1 amide bonds. The van der Waals surface area contributed by atoms with Gasteiger partial charge in [0.15, 0.2) is 5.17 Å². The van der Waals surface area contributed by atoms with Gasteiger partial charge in [0.25, 0.3) is 0 Å². The van der Waals surface area contributed by atoms with Crippen molar-refractivity contribution >= 4 is 22.8 Å². The topological polar surface area (TPSA) is 79.0 Å². The minimum Gasteiger partial charge on any atom is -0.379 e. The second-order valence-corrected chi connectivity index (χ2v) is 3.54. The summed E-state index contributed by atoms with van der Waals surface area (Å²) in [6.07, 6.45) is 1.60. The maximum absolute atomic E-state index is 11.1. The van der Waals surface area contributed by atoms with Gasteiger partial charge in [0, 0.05) is 6.54 Å². The number of amidine groups is 1. The van der Waals surface area contributed by atoms with Crippen LogP contribution in [0, 0.1) is 5.41 Å². The molecule has 5 heteroatoms. The lowest BCUT2D eigenvalue weighted by molar-refractivity contribution is -0.120. The molecule has 1 unspecified atom stereocenters. The van der Waals surface area contributed by atoms with Crippen LogP contribution in [0.2, 0.25) is 0 Å². The number of rotatable bonds is 4. The number of thioether (sulfide) groups is 1. The Labute approximate surface area is 76.1 Å². The average Bonchev–Trinajstić information content (AvgIpc) is 1.98. The van der Waals surface area contributed by atoms with Gasteiger partial charge < -0.3 is 11.1 Å². The van der Waals surface area contributed by atoms with Crippen LogP contribution in [0.15, 0.2) is 12.7 Å². The summed E-state index contributed by atoms with van der Waals surface area (Å²) in [4.78, 5) is 11.1. The highest BCUT2D eigenvalue weighted by atomic mass is 32.2. The highest BCUT2D eigenvalue weighted by Crippen LogP contribution is 2.08. The third kappa shape index (κ3) is 4.79. The first kappa shape index (κ1) is 11.0. The highest BCUT2D eigenvalue weighted by Gasteiger charge is 2.12. The smallest absolute Gasteiger partial charge is 0.233 e. The van der Waals surface area contributed by atoms with Gasteiger partial charge in [0.2, 0.25) is 5.91 Å². The van der Waals surface area contributed by atoms with E-state index in [2.05, 4.69) is 11.9 Å². The van der Waals surface area contributed by atoms with Crippen molar-refractivity contribution in [2.24, 2.45) is 5.73 Å². The van der Waals surface area contributed by atoms with Crippen molar-refractivity contribution in [2.45, 2.75) is 12.2 Å². The van der Waals surface area contributed by atoms with Gasteiger partial charge in [0.05, 0.1) is 5.25 Å². The van der Waals surface area contributed by atoms with Crippen molar-refractivity contribution in [1.29, 1.82) is 5.41 Å². The Balaban J connectivity index is 3.76. The van der Waals surface area contributed by atoms with E-state index in [1.54, 1.807) is 13.0 Å². The molecular weight excluding hydrogens is 174 g/mol. The Kier molecular flexibility index (Phi) is 5.19. The minimum atomic E-state index is -0.317. The second-order valence-electron chi connectivity index (χ2n) is 2.16. The third-order valence-electron chi connectivity index (χ3n) is 1.09. The van der Waals surface area contributed by atoms with Crippen LogP contribution >= 0.6 is 11.8 Å². The summed E-state index contributed by atoms with van der Waals surface area (Å²) in [5.74, 6) is -0.130. The van der Waals surface area contributed by atoms with E-state index in [0.717, 1.165) is 11.8 Å². The largest absolute Gasteiger partial charge is 0.379 e. The Bertz CT molecular complexity index is 193. The van der Waals surface area contributed by atoms with Crippen LogP contribution in [0.1, 0.15) is 6.92 Å². The summed E-state index contributed by atoms with van der Waals surface area (Å²) in [6, 6.07) is 0. The van der Waals surface area contributed by atoms with E-state index in [0.29, 0.717) is 6.54 Å². The fraction of sp³-hybridized carbons (Fsp3) is 0.429. The van der Waals surface area contributed by atoms with Crippen LogP contribution in [0.4, 0.5) is 0 Å². The van der Waals surface area contributed by atoms with E-state index in [1.807, 2.05) is 0 Å². The molecule has 12 heavy (non-hydrogen) atoms. The van der Waals surface area contributed by atoms with Crippen LogP contribution in [0.25, 0.3) is 0 Å². The van der Waals surface area contributed by atoms with E-state index in [-0.39, 0.29) is 16.3 Å². The predicted molar refractivity (Wildman–Crippen MR) is 52.2 cm³/mol. The van der Waals surface area contributed by atoms with Gasteiger partial charge in [-0.1, -0.05) is 17.8 Å². The summed E-state index contributed by atoms with van der Waals surface area (Å²) >= 11 is 1.03. The molecule has 0 fully saturated rings. The number of hydrogen-bond acceptors (Lipinski definition) is 3. The fourth-order valence-electron chi connectivity index (χ4n) is 0.560. The van der Waals surface area contributed by atoms with Crippen LogP contribution < -0.4 is 11.1 Å². The molecule has 0 aliphatic rings. The lowest BCUT2D eigenvalue weighted by Gasteiger charge is -2.08. The standard InChI is InChI=1S/C7H13N3OS/c1-3-4-10-6(11)5(2)12-7(8)9/h3,5H,1,4H2,2H3,(H3,8,9)(H,10,11). The van der Waals surface area contributed by atoms with E-state index in [9.17, 15) is 4.79 Å². The van der Waals surface area contributed by atoms with Gasteiger partial charge >= 0.3 is 0 Å². The number of carbonyl (C=O) groups is 1. The van der Waals surface area contributed by atoms with E-state index in [1.165, 1.54) is 0 Å². The predicted octanol–water partition coefficient (Wildman–Crippen LogP) is 0.304. The molecule has 0 radical (unpaired) electrons. The van der Waals surface area contributed by atoms with E-state index < -0.39 is 0 Å². The Morgan fingerprint density at radius 3 is 2.92 bits per heavy atom. The summed E-state index contributed by atoms with van der Waals surface area (Å²) in [5.41, 5.74) is 5.11. The molecule has 4 nitrogen and oxygen atoms in total. The van der Waals surface area contributed by atoms with Crippen LogP contribution in [0.5, 0.6) is 0 Å². The van der Waals surface area contributed by atoms with Crippen LogP contribution in [-0.4, -0.2) is 22.9 Å². The first-order chi connectivity index (χ1) is 5.57. The van der Waals surface area contributed by atoms with Crippen molar-refractivity contribution in [3.63, 3.8) is 0 Å². The van der Waals surface area contributed by atoms with Gasteiger partial charge in [-0.15, -0.1) is 6.58 Å². The minimum absolute atomic E-state index is 0.0451. The molecule has 0 spiro atoms. The third-order valence-corrected chi connectivity index (χ3v) is 1.92. The molecule has 0 saturated heterocycles. The van der Waals surface area contributed by atoms with Crippen molar-refractivity contribution in [3.8, 4) is 0 Å². The van der Waals surface area contributed by atoms with Crippen molar-refractivity contribution in [2.75, 3.05) is 6.54 Å². The molecule has 0 aromatic rings. The lowest BCUT2D eigenvalue weighted by Crippen LogP contribution is -2.32. The highest BCUT2D eigenvalue weighted by molar-refractivity contribution is 8.14. The Morgan fingerprint density at radius 2 is 2.50 bits per heavy atom. The maximum Gasteiger partial charge on any atom is 0.233 e. The number of nitrogens with one attached hydrogen (secondary N) is 2. The molecule has 0 aromatic carbocycles. The fourth-order valence-corrected chi connectivity index (χ4v) is 1.13. The molecule has 68 valence electrons. The number of nitrogens with two attached hydrogens (primary N) is 1. The molecule has 0 aliphatic heterocycles. The van der Waals surface area contributed by atoms with Crippen LogP contribution in [0.3, 0.4) is 0 Å².